The number of carbonyl (C=O) groups excluding carboxylic acids is 1. The van der Waals surface area contributed by atoms with Crippen molar-refractivity contribution in [2.24, 2.45) is 12.8 Å². The van der Waals surface area contributed by atoms with E-state index in [1.165, 1.54) is 0 Å². The summed E-state index contributed by atoms with van der Waals surface area (Å²) in [7, 11) is 1.84. The fourth-order valence-corrected chi connectivity index (χ4v) is 2.28. The molecule has 0 bridgehead atoms. The molecule has 2 heterocycles. The summed E-state index contributed by atoms with van der Waals surface area (Å²) in [6.45, 7) is 4.34. The van der Waals surface area contributed by atoms with Gasteiger partial charge in [0, 0.05) is 7.05 Å². The number of hydrogen-bond acceptors (Lipinski definition) is 4. The molecule has 0 spiro atoms. The van der Waals surface area contributed by atoms with Crippen LogP contribution in [0.4, 0.5) is 4.79 Å². The van der Waals surface area contributed by atoms with E-state index in [2.05, 4.69) is 10.1 Å². The van der Waals surface area contributed by atoms with Crippen molar-refractivity contribution >= 4 is 28.9 Å². The van der Waals surface area contributed by atoms with Gasteiger partial charge in [-0.3, -0.25) is 4.68 Å². The molecule has 2 rings (SSSR count). The van der Waals surface area contributed by atoms with Gasteiger partial charge in [-0.05, 0) is 13.8 Å². The Balaban J connectivity index is 2.42. The van der Waals surface area contributed by atoms with E-state index >= 15 is 0 Å². The summed E-state index contributed by atoms with van der Waals surface area (Å²) in [5.41, 5.74) is 7.45. The first-order chi connectivity index (χ1) is 8.91. The van der Waals surface area contributed by atoms with Crippen LogP contribution >= 0.6 is 11.6 Å². The fourth-order valence-electron chi connectivity index (χ4n) is 2.11. The van der Waals surface area contributed by atoms with Crippen molar-refractivity contribution in [1.29, 1.82) is 0 Å². The number of imidazole rings is 1. The standard InChI is InChI=1S/C11H16ClN5O2/c1-6(12)9-14-8-7(2)15-16(3)10(8)17(9)4-5-19-11(13)18/h6H,4-5H2,1-3H3,(H2,13,18). The summed E-state index contributed by atoms with van der Waals surface area (Å²) in [6.07, 6.45) is -0.794. The Morgan fingerprint density at radius 1 is 1.58 bits per heavy atom. The quantitative estimate of drug-likeness (QED) is 0.862. The van der Waals surface area contributed by atoms with Gasteiger partial charge >= 0.3 is 6.09 Å². The van der Waals surface area contributed by atoms with Gasteiger partial charge in [0.2, 0.25) is 0 Å². The van der Waals surface area contributed by atoms with Crippen molar-refractivity contribution < 1.29 is 9.53 Å². The van der Waals surface area contributed by atoms with Crippen LogP contribution in [0, 0.1) is 6.92 Å². The molecule has 104 valence electrons. The maximum Gasteiger partial charge on any atom is 0.404 e. The minimum atomic E-state index is -0.794. The third-order valence-electron chi connectivity index (χ3n) is 2.83. The lowest BCUT2D eigenvalue weighted by atomic mass is 10.4. The van der Waals surface area contributed by atoms with Crippen LogP contribution in [0.3, 0.4) is 0 Å². The van der Waals surface area contributed by atoms with Gasteiger partial charge in [-0.15, -0.1) is 11.6 Å². The highest BCUT2D eigenvalue weighted by atomic mass is 35.5. The van der Waals surface area contributed by atoms with Crippen LogP contribution < -0.4 is 5.73 Å². The van der Waals surface area contributed by atoms with Crippen molar-refractivity contribution in [3.63, 3.8) is 0 Å². The van der Waals surface area contributed by atoms with E-state index in [-0.39, 0.29) is 12.0 Å². The molecule has 1 atom stereocenters. The highest BCUT2D eigenvalue weighted by Crippen LogP contribution is 2.25. The summed E-state index contributed by atoms with van der Waals surface area (Å²) < 4.78 is 8.40. The van der Waals surface area contributed by atoms with Gasteiger partial charge in [0.1, 0.15) is 17.9 Å². The molecule has 0 aliphatic heterocycles. The average Bonchev–Trinajstić information content (AvgIpc) is 2.79. The maximum absolute atomic E-state index is 10.6. The first-order valence-corrected chi connectivity index (χ1v) is 6.31. The van der Waals surface area contributed by atoms with E-state index in [0.717, 1.165) is 22.7 Å². The number of primary amides is 1. The van der Waals surface area contributed by atoms with Crippen molar-refractivity contribution in [2.45, 2.75) is 25.8 Å². The number of halogens is 1. The van der Waals surface area contributed by atoms with Crippen LogP contribution in [-0.4, -0.2) is 32.0 Å². The number of ether oxygens (including phenoxy) is 1. The molecule has 0 radical (unpaired) electrons. The minimum absolute atomic E-state index is 0.168. The van der Waals surface area contributed by atoms with E-state index in [4.69, 9.17) is 22.1 Å². The summed E-state index contributed by atoms with van der Waals surface area (Å²) in [4.78, 5) is 15.1. The molecule has 0 aliphatic rings. The van der Waals surface area contributed by atoms with E-state index < -0.39 is 6.09 Å². The number of aryl methyl sites for hydroxylation is 2. The molecule has 0 aromatic carbocycles. The summed E-state index contributed by atoms with van der Waals surface area (Å²) in [5, 5.41) is 4.06. The number of fused-ring (bicyclic) bond motifs is 1. The first kappa shape index (κ1) is 13.7. The predicted octanol–water partition coefficient (Wildman–Crippen LogP) is 1.47. The van der Waals surface area contributed by atoms with Crippen LogP contribution in [0.1, 0.15) is 23.8 Å². The van der Waals surface area contributed by atoms with Crippen molar-refractivity contribution in [1.82, 2.24) is 19.3 Å². The number of nitrogens with zero attached hydrogens (tertiary/aromatic N) is 4. The van der Waals surface area contributed by atoms with Crippen LogP contribution in [-0.2, 0) is 18.3 Å². The number of carbonyl (C=O) groups is 1. The van der Waals surface area contributed by atoms with Crippen LogP contribution in [0.5, 0.6) is 0 Å². The van der Waals surface area contributed by atoms with Gasteiger partial charge in [-0.1, -0.05) is 0 Å². The summed E-state index contributed by atoms with van der Waals surface area (Å²) >= 11 is 6.14. The predicted molar refractivity (Wildman–Crippen MR) is 71.0 cm³/mol. The zero-order chi connectivity index (χ0) is 14.2. The molecule has 2 N–H and O–H groups in total. The molecule has 19 heavy (non-hydrogen) atoms. The lowest BCUT2D eigenvalue weighted by molar-refractivity contribution is 0.152. The minimum Gasteiger partial charge on any atom is -0.448 e. The average molecular weight is 286 g/mol. The number of hydrogen-bond donors (Lipinski definition) is 1. The number of nitrogens with two attached hydrogens (primary N) is 1. The SMILES string of the molecule is Cc1nn(C)c2c1nc(C(C)Cl)n2CCOC(N)=O. The first-order valence-electron chi connectivity index (χ1n) is 5.87. The highest BCUT2D eigenvalue weighted by molar-refractivity contribution is 6.20. The molecule has 8 heteroatoms. The van der Waals surface area contributed by atoms with E-state index in [9.17, 15) is 4.79 Å². The molecule has 2 aromatic heterocycles. The third-order valence-corrected chi connectivity index (χ3v) is 3.03. The maximum atomic E-state index is 10.6. The van der Waals surface area contributed by atoms with Gasteiger partial charge in [-0.25, -0.2) is 9.78 Å². The Labute approximate surface area is 115 Å². The highest BCUT2D eigenvalue weighted by Gasteiger charge is 2.20. The van der Waals surface area contributed by atoms with Crippen LogP contribution in [0.2, 0.25) is 0 Å². The molecule has 1 unspecified atom stereocenters. The molecule has 1 amide bonds. The van der Waals surface area contributed by atoms with Crippen LogP contribution in [0.15, 0.2) is 0 Å². The Morgan fingerprint density at radius 2 is 2.26 bits per heavy atom. The Morgan fingerprint density at radius 3 is 2.84 bits per heavy atom. The van der Waals surface area contributed by atoms with Gasteiger partial charge in [0.25, 0.3) is 0 Å². The molecule has 0 saturated carbocycles. The Hall–Kier alpha value is -1.76. The zero-order valence-corrected chi connectivity index (χ0v) is 11.8. The van der Waals surface area contributed by atoms with Crippen molar-refractivity contribution in [2.75, 3.05) is 6.61 Å². The summed E-state index contributed by atoms with van der Waals surface area (Å²) in [6, 6.07) is 0. The molecule has 0 fully saturated rings. The van der Waals surface area contributed by atoms with E-state index in [1.807, 2.05) is 25.5 Å². The zero-order valence-electron chi connectivity index (χ0n) is 11.1. The second-order valence-corrected chi connectivity index (χ2v) is 4.94. The number of rotatable bonds is 4. The monoisotopic (exact) mass is 285 g/mol. The number of alkyl halides is 1. The number of amides is 1. The third kappa shape index (κ3) is 2.51. The Kier molecular flexibility index (Phi) is 3.66. The number of aromatic nitrogens is 4. The van der Waals surface area contributed by atoms with Gasteiger partial charge in [-0.2, -0.15) is 5.10 Å². The van der Waals surface area contributed by atoms with Crippen molar-refractivity contribution in [3.8, 4) is 0 Å². The van der Waals surface area contributed by atoms with E-state index in [1.54, 1.807) is 4.68 Å². The molecule has 0 saturated heterocycles. The second kappa shape index (κ2) is 5.08. The largest absolute Gasteiger partial charge is 0.448 e. The Bertz CT molecular complexity index is 616. The molecular weight excluding hydrogens is 270 g/mol. The fraction of sp³-hybridized carbons (Fsp3) is 0.545. The smallest absolute Gasteiger partial charge is 0.404 e. The van der Waals surface area contributed by atoms with Gasteiger partial charge in [0.15, 0.2) is 5.65 Å². The van der Waals surface area contributed by atoms with Crippen molar-refractivity contribution in [3.05, 3.63) is 11.5 Å². The molecule has 7 nitrogen and oxygen atoms in total. The summed E-state index contributed by atoms with van der Waals surface area (Å²) in [5.74, 6) is 0.723. The lowest BCUT2D eigenvalue weighted by Crippen LogP contribution is -2.18. The molecule has 0 aliphatic carbocycles. The van der Waals surface area contributed by atoms with Gasteiger partial charge < -0.3 is 15.0 Å². The molecular formula is C11H16ClN5O2. The lowest BCUT2D eigenvalue weighted by Gasteiger charge is -2.10. The van der Waals surface area contributed by atoms with Crippen LogP contribution in [0.25, 0.3) is 11.2 Å². The van der Waals surface area contributed by atoms with Gasteiger partial charge in [0.05, 0.1) is 17.6 Å². The molecule has 2 aromatic rings. The van der Waals surface area contributed by atoms with E-state index in [0.29, 0.717) is 6.54 Å². The second-order valence-electron chi connectivity index (χ2n) is 4.29. The normalized spacial score (nSPS) is 12.8. The topological polar surface area (TPSA) is 88.0 Å².